The third-order valence-corrected chi connectivity index (χ3v) is 8.16. The molecule has 1 amide bonds. The Labute approximate surface area is 277 Å². The third kappa shape index (κ3) is 7.35. The Kier molecular flexibility index (Phi) is 9.47. The van der Waals surface area contributed by atoms with E-state index in [0.29, 0.717) is 35.6 Å². The van der Waals surface area contributed by atoms with Gasteiger partial charge in [-0.05, 0) is 103 Å². The highest BCUT2D eigenvalue weighted by Crippen LogP contribution is 2.32. The number of amides is 1. The van der Waals surface area contributed by atoms with Gasteiger partial charge in [0.25, 0.3) is 5.91 Å². The molecule has 0 spiro atoms. The van der Waals surface area contributed by atoms with E-state index in [4.69, 9.17) is 4.74 Å². The van der Waals surface area contributed by atoms with E-state index in [2.05, 4.69) is 47.3 Å². The molecule has 5 rings (SSSR count). The number of nitrogens with zero attached hydrogens (tertiary/aromatic N) is 6. The van der Waals surface area contributed by atoms with Crippen molar-refractivity contribution >= 4 is 11.9 Å². The molecule has 47 heavy (non-hydrogen) atoms. The van der Waals surface area contributed by atoms with Gasteiger partial charge in [-0.15, -0.1) is 5.10 Å². The lowest BCUT2D eigenvalue weighted by atomic mass is 9.94. The molecule has 1 unspecified atom stereocenters. The number of carbonyl (C=O) groups excluding carboxylic acids is 2. The summed E-state index contributed by atoms with van der Waals surface area (Å²) in [6.45, 7) is 18.5. The third-order valence-electron chi connectivity index (χ3n) is 8.16. The number of hydrogen-bond acceptors (Lipinski definition) is 6. The van der Waals surface area contributed by atoms with Gasteiger partial charge in [-0.25, -0.2) is 9.48 Å². The molecule has 0 fully saturated rings. The van der Waals surface area contributed by atoms with Crippen LogP contribution in [0.15, 0.2) is 73.2 Å². The maximum Gasteiger partial charge on any atom is 0.340 e. The highest BCUT2D eigenvalue weighted by molar-refractivity contribution is 5.98. The number of hydrogen-bond donors (Lipinski definition) is 0. The minimum Gasteiger partial charge on any atom is -0.456 e. The fourth-order valence-electron chi connectivity index (χ4n) is 6.10. The maximum absolute atomic E-state index is 14.6. The standard InChI is InChI=1S/C38H44N6O3/c1-10-42(35(29-12-11-15-39-21-29)30-17-25(3)16-26(4)18-30)36(45)32-14-13-24(2)19-34(32)44-23-31(40-41-44)22-43-27(5)20-33(28(43)6)37(46)47-38(7,8)9/h11-21,23,35H,10,22H2,1-9H3. The Morgan fingerprint density at radius 1 is 0.894 bits per heavy atom. The van der Waals surface area contributed by atoms with Crippen LogP contribution in [-0.2, 0) is 11.3 Å². The summed E-state index contributed by atoms with van der Waals surface area (Å²) >= 11 is 0. The van der Waals surface area contributed by atoms with Gasteiger partial charge in [-0.2, -0.15) is 0 Å². The molecule has 0 N–H and O–H groups in total. The first-order valence-electron chi connectivity index (χ1n) is 16.0. The van der Waals surface area contributed by atoms with Gasteiger partial charge in [0, 0.05) is 30.3 Å². The van der Waals surface area contributed by atoms with E-state index in [9.17, 15) is 9.59 Å². The van der Waals surface area contributed by atoms with E-state index in [1.807, 2.05) is 107 Å². The predicted octanol–water partition coefficient (Wildman–Crippen LogP) is 7.26. The molecule has 0 radical (unpaired) electrons. The molecule has 0 saturated heterocycles. The summed E-state index contributed by atoms with van der Waals surface area (Å²) in [4.78, 5) is 33.7. The lowest BCUT2D eigenvalue weighted by molar-refractivity contribution is 0.00684. The van der Waals surface area contributed by atoms with E-state index in [-0.39, 0.29) is 17.9 Å². The predicted molar refractivity (Wildman–Crippen MR) is 183 cm³/mol. The molecule has 0 bridgehead atoms. The van der Waals surface area contributed by atoms with Crippen LogP contribution in [0.3, 0.4) is 0 Å². The summed E-state index contributed by atoms with van der Waals surface area (Å²) in [5.41, 5.74) is 8.74. The summed E-state index contributed by atoms with van der Waals surface area (Å²) in [5, 5.41) is 8.94. The summed E-state index contributed by atoms with van der Waals surface area (Å²) in [7, 11) is 0. The lowest BCUT2D eigenvalue weighted by Gasteiger charge is -2.32. The molecule has 244 valence electrons. The molecule has 1 atom stereocenters. The van der Waals surface area contributed by atoms with Crippen molar-refractivity contribution in [2.24, 2.45) is 0 Å². The molecule has 3 aromatic heterocycles. The van der Waals surface area contributed by atoms with Gasteiger partial charge in [-0.1, -0.05) is 46.7 Å². The van der Waals surface area contributed by atoms with Gasteiger partial charge in [0.2, 0.25) is 0 Å². The molecule has 3 heterocycles. The van der Waals surface area contributed by atoms with Crippen LogP contribution in [0.25, 0.3) is 5.69 Å². The molecule has 0 aliphatic heterocycles. The van der Waals surface area contributed by atoms with Gasteiger partial charge in [0.15, 0.2) is 0 Å². The topological polar surface area (TPSA) is 95.1 Å². The fourth-order valence-corrected chi connectivity index (χ4v) is 6.10. The Morgan fingerprint density at radius 2 is 1.62 bits per heavy atom. The van der Waals surface area contributed by atoms with E-state index < -0.39 is 5.60 Å². The van der Waals surface area contributed by atoms with Crippen molar-refractivity contribution in [2.75, 3.05) is 6.54 Å². The van der Waals surface area contributed by atoms with Crippen LogP contribution < -0.4 is 0 Å². The molecular weight excluding hydrogens is 588 g/mol. The Balaban J connectivity index is 1.50. The smallest absolute Gasteiger partial charge is 0.340 e. The average molecular weight is 633 g/mol. The van der Waals surface area contributed by atoms with Crippen molar-refractivity contribution in [1.82, 2.24) is 29.4 Å². The van der Waals surface area contributed by atoms with Crippen molar-refractivity contribution < 1.29 is 14.3 Å². The number of pyridine rings is 1. The van der Waals surface area contributed by atoms with Crippen molar-refractivity contribution in [2.45, 2.75) is 80.5 Å². The number of esters is 1. The maximum atomic E-state index is 14.6. The second kappa shape index (κ2) is 13.4. The molecule has 2 aromatic carbocycles. The van der Waals surface area contributed by atoms with E-state index in [0.717, 1.165) is 39.2 Å². The van der Waals surface area contributed by atoms with Crippen molar-refractivity contribution in [3.05, 3.63) is 129 Å². The number of aryl methyl sites for hydroxylation is 4. The van der Waals surface area contributed by atoms with Crippen LogP contribution in [0.1, 0.15) is 99.4 Å². The van der Waals surface area contributed by atoms with Gasteiger partial charge in [-0.3, -0.25) is 9.78 Å². The summed E-state index contributed by atoms with van der Waals surface area (Å²) < 4.78 is 9.32. The summed E-state index contributed by atoms with van der Waals surface area (Å²) in [5.74, 6) is -0.471. The van der Waals surface area contributed by atoms with Crippen molar-refractivity contribution in [3.63, 3.8) is 0 Å². The van der Waals surface area contributed by atoms with Crippen LogP contribution in [0.5, 0.6) is 0 Å². The highest BCUT2D eigenvalue weighted by atomic mass is 16.6. The number of aromatic nitrogens is 5. The molecule has 5 aromatic rings. The van der Waals surface area contributed by atoms with Gasteiger partial charge in [0.05, 0.1) is 35.6 Å². The minimum atomic E-state index is -0.588. The molecule has 0 saturated carbocycles. The molecule has 0 aliphatic rings. The zero-order valence-corrected chi connectivity index (χ0v) is 28.8. The summed E-state index contributed by atoms with van der Waals surface area (Å²) in [6, 6.07) is 17.6. The minimum absolute atomic E-state index is 0.119. The van der Waals surface area contributed by atoms with Crippen LogP contribution in [0.2, 0.25) is 0 Å². The molecule has 0 aliphatic carbocycles. The number of ether oxygens (including phenoxy) is 1. The van der Waals surface area contributed by atoms with Gasteiger partial charge in [0.1, 0.15) is 11.3 Å². The summed E-state index contributed by atoms with van der Waals surface area (Å²) in [6.07, 6.45) is 5.42. The molecular formula is C38H44N6O3. The lowest BCUT2D eigenvalue weighted by Crippen LogP contribution is -2.36. The largest absolute Gasteiger partial charge is 0.456 e. The first kappa shape index (κ1) is 33.3. The first-order chi connectivity index (χ1) is 22.3. The van der Waals surface area contributed by atoms with Gasteiger partial charge >= 0.3 is 5.97 Å². The number of carbonyl (C=O) groups is 2. The van der Waals surface area contributed by atoms with Crippen molar-refractivity contribution in [3.8, 4) is 5.69 Å². The van der Waals surface area contributed by atoms with Crippen LogP contribution >= 0.6 is 0 Å². The molecule has 9 nitrogen and oxygen atoms in total. The number of rotatable bonds is 9. The zero-order valence-electron chi connectivity index (χ0n) is 28.8. The van der Waals surface area contributed by atoms with Crippen LogP contribution in [0, 0.1) is 34.6 Å². The monoisotopic (exact) mass is 632 g/mol. The SMILES string of the molecule is CCN(C(=O)c1ccc(C)cc1-n1cc(Cn2c(C)cc(C(=O)OC(C)(C)C)c2C)nn1)C(c1cccnc1)c1cc(C)cc(C)c1. The van der Waals surface area contributed by atoms with Gasteiger partial charge < -0.3 is 14.2 Å². The quantitative estimate of drug-likeness (QED) is 0.159. The van der Waals surface area contributed by atoms with E-state index >= 15 is 0 Å². The Morgan fingerprint density at radius 3 is 2.26 bits per heavy atom. The highest BCUT2D eigenvalue weighted by Gasteiger charge is 2.29. The van der Waals surface area contributed by atoms with Crippen molar-refractivity contribution in [1.29, 1.82) is 0 Å². The first-order valence-corrected chi connectivity index (χ1v) is 16.0. The Hall–Kier alpha value is -5.05. The zero-order chi connectivity index (χ0) is 34.0. The second-order valence-electron chi connectivity index (χ2n) is 13.2. The second-order valence-corrected chi connectivity index (χ2v) is 13.2. The normalized spacial score (nSPS) is 12.2. The average Bonchev–Trinajstić information content (AvgIpc) is 3.59. The number of benzene rings is 2. The fraction of sp³-hybridized carbons (Fsp3) is 0.342. The Bertz CT molecular complexity index is 1900. The molecule has 9 heteroatoms. The van der Waals surface area contributed by atoms with E-state index in [1.54, 1.807) is 10.9 Å². The van der Waals surface area contributed by atoms with E-state index in [1.165, 1.54) is 0 Å². The van der Waals surface area contributed by atoms with Crippen LogP contribution in [-0.4, -0.2) is 53.5 Å². The van der Waals surface area contributed by atoms with Crippen LogP contribution in [0.4, 0.5) is 0 Å².